The number of aliphatic hydroxyl groups excluding tert-OH is 1. The third-order valence-electron chi connectivity index (χ3n) is 4.91. The molecule has 0 saturated heterocycles. The summed E-state index contributed by atoms with van der Waals surface area (Å²) in [6.45, 7) is 2.09. The minimum atomic E-state index is -0.0816. The molecule has 2 heterocycles. The zero-order valence-electron chi connectivity index (χ0n) is 12.4. The fourth-order valence-electron chi connectivity index (χ4n) is 3.72. The maximum atomic E-state index is 9.54. The number of aliphatic hydroxyl groups is 1. The van der Waals surface area contributed by atoms with Gasteiger partial charge in [0.25, 0.3) is 0 Å². The molecule has 4 nitrogen and oxygen atoms in total. The molecule has 2 N–H and O–H groups in total. The van der Waals surface area contributed by atoms with Crippen molar-refractivity contribution in [1.29, 1.82) is 0 Å². The molecule has 1 aromatic heterocycles. The highest BCUT2D eigenvalue weighted by Gasteiger charge is 2.35. The summed E-state index contributed by atoms with van der Waals surface area (Å²) < 4.78 is 1.10. The predicted molar refractivity (Wildman–Crippen MR) is 88.6 cm³/mol. The standard InChI is InChI=1S/C17H20BrN3O/c18-13-3-1-12(2-4-13)17-16-15(19-10-20-16)5-6-21(17)9-11-7-14(22)8-11/h1-4,10-11,14,17,22H,5-9H2,(H,19,20). The van der Waals surface area contributed by atoms with Crippen LogP contribution >= 0.6 is 15.9 Å². The minimum Gasteiger partial charge on any atom is -0.393 e. The van der Waals surface area contributed by atoms with Gasteiger partial charge in [-0.2, -0.15) is 0 Å². The molecule has 1 atom stereocenters. The van der Waals surface area contributed by atoms with Crippen molar-refractivity contribution >= 4 is 15.9 Å². The van der Waals surface area contributed by atoms with E-state index in [0.717, 1.165) is 42.5 Å². The lowest BCUT2D eigenvalue weighted by atomic mass is 9.81. The van der Waals surface area contributed by atoms with Crippen molar-refractivity contribution in [3.8, 4) is 0 Å². The van der Waals surface area contributed by atoms with E-state index in [9.17, 15) is 5.11 Å². The second kappa shape index (κ2) is 5.80. The van der Waals surface area contributed by atoms with E-state index in [-0.39, 0.29) is 12.1 Å². The molecule has 0 radical (unpaired) electrons. The van der Waals surface area contributed by atoms with E-state index in [2.05, 4.69) is 55.1 Å². The average molecular weight is 362 g/mol. The number of benzene rings is 1. The molecule has 1 fully saturated rings. The van der Waals surface area contributed by atoms with Gasteiger partial charge in [0, 0.05) is 29.7 Å². The number of hydrogen-bond donors (Lipinski definition) is 2. The number of aromatic nitrogens is 2. The summed E-state index contributed by atoms with van der Waals surface area (Å²) in [6.07, 6.45) is 4.64. The number of fused-ring (bicyclic) bond motifs is 1. The largest absolute Gasteiger partial charge is 0.393 e. The van der Waals surface area contributed by atoms with Crippen molar-refractivity contribution in [2.24, 2.45) is 5.92 Å². The van der Waals surface area contributed by atoms with Crippen LogP contribution in [-0.2, 0) is 6.42 Å². The Hall–Kier alpha value is -1.17. The first-order valence-corrected chi connectivity index (χ1v) is 8.69. The van der Waals surface area contributed by atoms with Crippen molar-refractivity contribution in [2.75, 3.05) is 13.1 Å². The Morgan fingerprint density at radius 2 is 2.05 bits per heavy atom. The molecule has 1 aliphatic carbocycles. The number of halogens is 1. The third-order valence-corrected chi connectivity index (χ3v) is 5.44. The fourth-order valence-corrected chi connectivity index (χ4v) is 3.98. The normalized spacial score (nSPS) is 28.2. The molecule has 1 unspecified atom stereocenters. The first kappa shape index (κ1) is 14.4. The molecule has 1 aliphatic heterocycles. The van der Waals surface area contributed by atoms with Gasteiger partial charge < -0.3 is 10.1 Å². The average Bonchev–Trinajstić information content (AvgIpc) is 2.95. The molecule has 116 valence electrons. The first-order valence-electron chi connectivity index (χ1n) is 7.90. The molecule has 1 saturated carbocycles. The maximum absolute atomic E-state index is 9.54. The van der Waals surface area contributed by atoms with E-state index in [0.29, 0.717) is 5.92 Å². The minimum absolute atomic E-state index is 0.0816. The molecular weight excluding hydrogens is 342 g/mol. The van der Waals surface area contributed by atoms with Crippen LogP contribution in [0.25, 0.3) is 0 Å². The summed E-state index contributed by atoms with van der Waals surface area (Å²) in [5, 5.41) is 9.54. The lowest BCUT2D eigenvalue weighted by Gasteiger charge is -2.41. The Balaban J connectivity index is 1.64. The second-order valence-electron chi connectivity index (χ2n) is 6.46. The van der Waals surface area contributed by atoms with Crippen molar-refractivity contribution in [3.05, 3.63) is 52.0 Å². The van der Waals surface area contributed by atoms with Crippen LogP contribution in [0.1, 0.15) is 35.8 Å². The number of rotatable bonds is 3. The van der Waals surface area contributed by atoms with Gasteiger partial charge in [0.05, 0.1) is 24.2 Å². The van der Waals surface area contributed by atoms with E-state index >= 15 is 0 Å². The van der Waals surface area contributed by atoms with Gasteiger partial charge in [-0.1, -0.05) is 28.1 Å². The summed E-state index contributed by atoms with van der Waals surface area (Å²) in [5.41, 5.74) is 3.71. The van der Waals surface area contributed by atoms with Gasteiger partial charge in [-0.3, -0.25) is 4.90 Å². The van der Waals surface area contributed by atoms with Gasteiger partial charge in [-0.05, 0) is 36.5 Å². The second-order valence-corrected chi connectivity index (χ2v) is 7.37. The monoisotopic (exact) mass is 361 g/mol. The molecule has 2 aromatic rings. The molecule has 2 aliphatic rings. The van der Waals surface area contributed by atoms with E-state index in [4.69, 9.17) is 0 Å². The molecule has 5 heteroatoms. The number of nitrogens with zero attached hydrogens (tertiary/aromatic N) is 2. The Morgan fingerprint density at radius 1 is 1.27 bits per heavy atom. The highest BCUT2D eigenvalue weighted by Crippen LogP contribution is 2.37. The van der Waals surface area contributed by atoms with Crippen LogP contribution in [-0.4, -0.2) is 39.2 Å². The quantitative estimate of drug-likeness (QED) is 0.883. The fraction of sp³-hybridized carbons (Fsp3) is 0.471. The number of imidazole rings is 1. The van der Waals surface area contributed by atoms with Gasteiger partial charge in [-0.25, -0.2) is 4.98 Å². The summed E-state index contributed by atoms with van der Waals surface area (Å²) in [4.78, 5) is 10.4. The molecule has 0 amide bonds. The summed E-state index contributed by atoms with van der Waals surface area (Å²) in [5.74, 6) is 0.619. The van der Waals surface area contributed by atoms with E-state index in [1.54, 1.807) is 0 Å². The molecule has 0 bridgehead atoms. The molecular formula is C17H20BrN3O. The number of nitrogens with one attached hydrogen (secondary N) is 1. The first-order chi connectivity index (χ1) is 10.7. The van der Waals surface area contributed by atoms with Gasteiger partial charge >= 0.3 is 0 Å². The highest BCUT2D eigenvalue weighted by atomic mass is 79.9. The van der Waals surface area contributed by atoms with Gasteiger partial charge in [0.2, 0.25) is 0 Å². The van der Waals surface area contributed by atoms with Crippen molar-refractivity contribution in [3.63, 3.8) is 0 Å². The Labute approximate surface area is 138 Å². The zero-order valence-corrected chi connectivity index (χ0v) is 14.0. The maximum Gasteiger partial charge on any atom is 0.0926 e. The van der Waals surface area contributed by atoms with Gasteiger partial charge in [0.15, 0.2) is 0 Å². The van der Waals surface area contributed by atoms with E-state index < -0.39 is 0 Å². The smallest absolute Gasteiger partial charge is 0.0926 e. The molecule has 0 spiro atoms. The van der Waals surface area contributed by atoms with Gasteiger partial charge in [0.1, 0.15) is 0 Å². The van der Waals surface area contributed by atoms with Crippen LogP contribution in [0.2, 0.25) is 0 Å². The van der Waals surface area contributed by atoms with Crippen LogP contribution in [0.15, 0.2) is 35.1 Å². The Kier molecular flexibility index (Phi) is 3.80. The highest BCUT2D eigenvalue weighted by molar-refractivity contribution is 9.10. The molecule has 22 heavy (non-hydrogen) atoms. The third kappa shape index (κ3) is 2.62. The van der Waals surface area contributed by atoms with Crippen LogP contribution in [0.4, 0.5) is 0 Å². The zero-order chi connectivity index (χ0) is 15.1. The van der Waals surface area contributed by atoms with E-state index in [1.807, 2.05) is 6.33 Å². The Bertz CT molecular complexity index is 648. The summed E-state index contributed by atoms with van der Waals surface area (Å²) >= 11 is 3.51. The van der Waals surface area contributed by atoms with E-state index in [1.165, 1.54) is 11.3 Å². The summed E-state index contributed by atoms with van der Waals surface area (Å²) in [6, 6.07) is 8.78. The van der Waals surface area contributed by atoms with Crippen LogP contribution in [0, 0.1) is 5.92 Å². The number of H-pyrrole nitrogens is 1. The lowest BCUT2D eigenvalue weighted by Crippen LogP contribution is -2.43. The van der Waals surface area contributed by atoms with Crippen LogP contribution < -0.4 is 0 Å². The Morgan fingerprint density at radius 3 is 2.77 bits per heavy atom. The van der Waals surface area contributed by atoms with Crippen LogP contribution in [0.5, 0.6) is 0 Å². The topological polar surface area (TPSA) is 52.1 Å². The predicted octanol–water partition coefficient (Wildman–Crippen LogP) is 2.89. The number of aromatic amines is 1. The number of hydrogen-bond acceptors (Lipinski definition) is 3. The SMILES string of the molecule is OC1CC(CN2CCc3[nH]cnc3C2c2ccc(Br)cc2)C1. The summed E-state index contributed by atoms with van der Waals surface area (Å²) in [7, 11) is 0. The lowest BCUT2D eigenvalue weighted by molar-refractivity contribution is 0.0177. The van der Waals surface area contributed by atoms with Gasteiger partial charge in [-0.15, -0.1) is 0 Å². The van der Waals surface area contributed by atoms with Crippen molar-refractivity contribution < 1.29 is 5.11 Å². The molecule has 1 aromatic carbocycles. The molecule has 4 rings (SSSR count). The van der Waals surface area contributed by atoms with Crippen molar-refractivity contribution in [2.45, 2.75) is 31.4 Å². The van der Waals surface area contributed by atoms with Crippen LogP contribution in [0.3, 0.4) is 0 Å². The van der Waals surface area contributed by atoms with Crippen molar-refractivity contribution in [1.82, 2.24) is 14.9 Å².